The van der Waals surface area contributed by atoms with E-state index < -0.39 is 11.9 Å². The highest BCUT2D eigenvalue weighted by atomic mass is 79.9. The first kappa shape index (κ1) is 13.1. The molecule has 94 valence electrons. The van der Waals surface area contributed by atoms with Crippen LogP contribution in [-0.2, 0) is 0 Å². The first-order valence-corrected chi connectivity index (χ1v) is 6.27. The minimum Gasteiger partial charge on any atom is -0.456 e. The number of rotatable bonds is 3. The fourth-order valence-corrected chi connectivity index (χ4v) is 2.02. The van der Waals surface area contributed by atoms with E-state index in [9.17, 15) is 9.50 Å². The first-order chi connectivity index (χ1) is 8.59. The Bertz CT molecular complexity index is 555. The molecule has 0 saturated carbocycles. The SMILES string of the molecule is C[C@@H](O)c1c(F)cccc1Oc1ccccc1Br. The molecule has 2 aromatic rings. The zero-order chi connectivity index (χ0) is 13.1. The van der Waals surface area contributed by atoms with Crippen LogP contribution in [-0.4, -0.2) is 5.11 Å². The Labute approximate surface area is 113 Å². The van der Waals surface area contributed by atoms with E-state index in [4.69, 9.17) is 4.74 Å². The maximum atomic E-state index is 13.7. The van der Waals surface area contributed by atoms with Crippen molar-refractivity contribution in [3.63, 3.8) is 0 Å². The molecule has 18 heavy (non-hydrogen) atoms. The summed E-state index contributed by atoms with van der Waals surface area (Å²) in [6.07, 6.45) is -0.927. The van der Waals surface area contributed by atoms with Gasteiger partial charge in [0.2, 0.25) is 0 Å². The van der Waals surface area contributed by atoms with Gasteiger partial charge in [0.05, 0.1) is 16.1 Å². The van der Waals surface area contributed by atoms with Crippen LogP contribution >= 0.6 is 15.9 Å². The fraction of sp³-hybridized carbons (Fsp3) is 0.143. The van der Waals surface area contributed by atoms with Crippen LogP contribution in [0.1, 0.15) is 18.6 Å². The summed E-state index contributed by atoms with van der Waals surface area (Å²) in [6, 6.07) is 11.8. The van der Waals surface area contributed by atoms with Gasteiger partial charge in [-0.3, -0.25) is 0 Å². The lowest BCUT2D eigenvalue weighted by atomic mass is 10.1. The van der Waals surface area contributed by atoms with Crippen molar-refractivity contribution in [1.29, 1.82) is 0 Å². The molecule has 1 N–H and O–H groups in total. The van der Waals surface area contributed by atoms with E-state index in [0.717, 1.165) is 4.47 Å². The minimum absolute atomic E-state index is 0.160. The Balaban J connectivity index is 2.41. The van der Waals surface area contributed by atoms with Gasteiger partial charge < -0.3 is 9.84 Å². The third-order valence-corrected chi connectivity index (χ3v) is 3.14. The van der Waals surface area contributed by atoms with Crippen molar-refractivity contribution >= 4 is 15.9 Å². The summed E-state index contributed by atoms with van der Waals surface area (Å²) in [5, 5.41) is 9.60. The zero-order valence-electron chi connectivity index (χ0n) is 9.73. The molecular formula is C14H12BrFO2. The lowest BCUT2D eigenvalue weighted by Crippen LogP contribution is -2.00. The van der Waals surface area contributed by atoms with Gasteiger partial charge in [0.15, 0.2) is 0 Å². The standard InChI is InChI=1S/C14H12BrFO2/c1-9(17)14-11(16)6-4-8-13(14)18-12-7-3-2-5-10(12)15/h2-9,17H,1H3/t9-/m1/s1. The number of benzene rings is 2. The lowest BCUT2D eigenvalue weighted by Gasteiger charge is -2.14. The highest BCUT2D eigenvalue weighted by Gasteiger charge is 2.15. The molecule has 0 fully saturated rings. The lowest BCUT2D eigenvalue weighted by molar-refractivity contribution is 0.190. The number of ether oxygens (including phenoxy) is 1. The van der Waals surface area contributed by atoms with Gasteiger partial charge in [-0.15, -0.1) is 0 Å². The van der Waals surface area contributed by atoms with Crippen LogP contribution in [0, 0.1) is 5.82 Å². The Kier molecular flexibility index (Phi) is 3.99. The van der Waals surface area contributed by atoms with Crippen LogP contribution in [0.3, 0.4) is 0 Å². The Hall–Kier alpha value is -1.39. The zero-order valence-corrected chi connectivity index (χ0v) is 11.3. The molecular weight excluding hydrogens is 299 g/mol. The van der Waals surface area contributed by atoms with Gasteiger partial charge in [0, 0.05) is 0 Å². The van der Waals surface area contributed by atoms with E-state index in [-0.39, 0.29) is 5.56 Å². The van der Waals surface area contributed by atoms with Gasteiger partial charge in [-0.2, -0.15) is 0 Å². The first-order valence-electron chi connectivity index (χ1n) is 5.48. The van der Waals surface area contributed by atoms with Crippen LogP contribution in [0.4, 0.5) is 4.39 Å². The van der Waals surface area contributed by atoms with E-state index in [1.54, 1.807) is 18.2 Å². The summed E-state index contributed by atoms with van der Waals surface area (Å²) < 4.78 is 20.1. The average molecular weight is 311 g/mol. The van der Waals surface area contributed by atoms with Crippen molar-refractivity contribution in [2.75, 3.05) is 0 Å². The highest BCUT2D eigenvalue weighted by molar-refractivity contribution is 9.10. The summed E-state index contributed by atoms with van der Waals surface area (Å²) >= 11 is 3.35. The smallest absolute Gasteiger partial charge is 0.141 e. The van der Waals surface area contributed by atoms with Crippen LogP contribution in [0.5, 0.6) is 11.5 Å². The summed E-state index contributed by atoms with van der Waals surface area (Å²) in [5.41, 5.74) is 0.160. The molecule has 0 aliphatic carbocycles. The molecule has 0 amide bonds. The number of hydrogen-bond donors (Lipinski definition) is 1. The molecule has 0 unspecified atom stereocenters. The van der Waals surface area contributed by atoms with Gasteiger partial charge in [0.25, 0.3) is 0 Å². The van der Waals surface area contributed by atoms with E-state index >= 15 is 0 Å². The minimum atomic E-state index is -0.927. The van der Waals surface area contributed by atoms with Crippen molar-refractivity contribution < 1.29 is 14.2 Å². The molecule has 0 spiro atoms. The number of halogens is 2. The normalized spacial score (nSPS) is 12.2. The van der Waals surface area contributed by atoms with Gasteiger partial charge in [-0.1, -0.05) is 18.2 Å². The molecule has 1 atom stereocenters. The van der Waals surface area contributed by atoms with Crippen molar-refractivity contribution in [3.05, 3.63) is 58.3 Å². The van der Waals surface area contributed by atoms with Crippen LogP contribution < -0.4 is 4.74 Å². The molecule has 2 nitrogen and oxygen atoms in total. The molecule has 0 aliphatic rings. The third-order valence-electron chi connectivity index (χ3n) is 2.49. The molecule has 0 radical (unpaired) electrons. The predicted molar refractivity (Wildman–Crippen MR) is 71.2 cm³/mol. The second kappa shape index (κ2) is 5.50. The van der Waals surface area contributed by atoms with Crippen LogP contribution in [0.2, 0.25) is 0 Å². The van der Waals surface area contributed by atoms with Gasteiger partial charge >= 0.3 is 0 Å². The van der Waals surface area contributed by atoms with E-state index in [1.807, 2.05) is 18.2 Å². The van der Waals surface area contributed by atoms with Crippen LogP contribution in [0.25, 0.3) is 0 Å². The van der Waals surface area contributed by atoms with Crippen molar-refractivity contribution in [2.24, 2.45) is 0 Å². The fourth-order valence-electron chi connectivity index (χ4n) is 1.66. The summed E-state index contributed by atoms with van der Waals surface area (Å²) in [6.45, 7) is 1.51. The van der Waals surface area contributed by atoms with Gasteiger partial charge in [-0.05, 0) is 47.1 Å². The Morgan fingerprint density at radius 1 is 1.11 bits per heavy atom. The molecule has 2 rings (SSSR count). The number of para-hydroxylation sites is 1. The summed E-state index contributed by atoms with van der Waals surface area (Å²) in [5.74, 6) is 0.413. The van der Waals surface area contributed by atoms with E-state index in [0.29, 0.717) is 11.5 Å². The molecule has 0 aliphatic heterocycles. The highest BCUT2D eigenvalue weighted by Crippen LogP contribution is 2.34. The largest absolute Gasteiger partial charge is 0.456 e. The third kappa shape index (κ3) is 2.71. The van der Waals surface area contributed by atoms with Crippen molar-refractivity contribution in [3.8, 4) is 11.5 Å². The maximum Gasteiger partial charge on any atom is 0.141 e. The van der Waals surface area contributed by atoms with Crippen molar-refractivity contribution in [1.82, 2.24) is 0 Å². The Morgan fingerprint density at radius 3 is 2.44 bits per heavy atom. The molecule has 0 heterocycles. The summed E-state index contributed by atoms with van der Waals surface area (Å²) in [4.78, 5) is 0. The predicted octanol–water partition coefficient (Wildman–Crippen LogP) is 4.43. The molecule has 0 saturated heterocycles. The van der Waals surface area contributed by atoms with Crippen LogP contribution in [0.15, 0.2) is 46.9 Å². The monoisotopic (exact) mass is 310 g/mol. The van der Waals surface area contributed by atoms with E-state index in [1.165, 1.54) is 13.0 Å². The summed E-state index contributed by atoms with van der Waals surface area (Å²) in [7, 11) is 0. The van der Waals surface area contributed by atoms with Gasteiger partial charge in [-0.25, -0.2) is 4.39 Å². The maximum absolute atomic E-state index is 13.7. The molecule has 2 aromatic carbocycles. The second-order valence-electron chi connectivity index (χ2n) is 3.86. The number of aliphatic hydroxyl groups excluding tert-OH is 1. The number of aliphatic hydroxyl groups is 1. The van der Waals surface area contributed by atoms with E-state index in [2.05, 4.69) is 15.9 Å². The molecule has 0 bridgehead atoms. The molecule has 4 heteroatoms. The Morgan fingerprint density at radius 2 is 1.78 bits per heavy atom. The van der Waals surface area contributed by atoms with Crippen molar-refractivity contribution in [2.45, 2.75) is 13.0 Å². The quantitative estimate of drug-likeness (QED) is 0.908. The second-order valence-corrected chi connectivity index (χ2v) is 4.71. The van der Waals surface area contributed by atoms with Gasteiger partial charge in [0.1, 0.15) is 17.3 Å². The number of hydrogen-bond acceptors (Lipinski definition) is 2. The average Bonchev–Trinajstić information content (AvgIpc) is 2.31. The topological polar surface area (TPSA) is 29.5 Å². The molecule has 0 aromatic heterocycles.